The van der Waals surface area contributed by atoms with Crippen molar-refractivity contribution in [2.24, 2.45) is 0 Å². The van der Waals surface area contributed by atoms with Crippen LogP contribution in [0.5, 0.6) is 11.5 Å². The van der Waals surface area contributed by atoms with E-state index in [9.17, 15) is 9.90 Å². The summed E-state index contributed by atoms with van der Waals surface area (Å²) < 4.78 is 5.47. The Hall–Kier alpha value is -1.97. The van der Waals surface area contributed by atoms with Crippen molar-refractivity contribution in [2.45, 2.75) is 6.54 Å². The molecule has 0 aromatic heterocycles. The largest absolute Gasteiger partial charge is 0.508 e. The van der Waals surface area contributed by atoms with Crippen LogP contribution in [0.4, 0.5) is 0 Å². The lowest BCUT2D eigenvalue weighted by atomic mass is 10.2. The molecule has 84 valence electrons. The van der Waals surface area contributed by atoms with E-state index in [1.165, 1.54) is 6.08 Å². The summed E-state index contributed by atoms with van der Waals surface area (Å²) in [5, 5.41) is 9.32. The summed E-state index contributed by atoms with van der Waals surface area (Å²) in [6, 6.07) is 4.92. The van der Waals surface area contributed by atoms with E-state index >= 15 is 0 Å². The number of phenolic OH excluding ortho intramolecular Hbond substituents is 1. The average Bonchev–Trinajstić information content (AvgIpc) is 2.49. The maximum absolute atomic E-state index is 11.5. The molecule has 0 unspecified atom stereocenters. The van der Waals surface area contributed by atoms with E-state index in [-0.39, 0.29) is 11.7 Å². The van der Waals surface area contributed by atoms with Gasteiger partial charge in [-0.25, -0.2) is 0 Å². The molecule has 2 rings (SSSR count). The number of carbonyl (C=O) groups excluding carboxylic acids is 1. The fourth-order valence-corrected chi connectivity index (χ4v) is 1.68. The third kappa shape index (κ3) is 2.00. The molecule has 0 fully saturated rings. The summed E-state index contributed by atoms with van der Waals surface area (Å²) >= 11 is 0. The summed E-state index contributed by atoms with van der Waals surface area (Å²) in [4.78, 5) is 13.2. The monoisotopic (exact) mass is 219 g/mol. The second-order valence-corrected chi connectivity index (χ2v) is 3.60. The van der Waals surface area contributed by atoms with E-state index in [0.29, 0.717) is 25.4 Å². The lowest BCUT2D eigenvalue weighted by molar-refractivity contribution is -0.126. The van der Waals surface area contributed by atoms with Crippen LogP contribution < -0.4 is 4.74 Å². The number of aromatic hydroxyl groups is 1. The van der Waals surface area contributed by atoms with Crippen LogP contribution in [0.25, 0.3) is 0 Å². The van der Waals surface area contributed by atoms with E-state index in [1.807, 2.05) is 0 Å². The molecular weight excluding hydrogens is 206 g/mol. The van der Waals surface area contributed by atoms with Crippen molar-refractivity contribution in [3.63, 3.8) is 0 Å². The Balaban J connectivity index is 2.27. The molecule has 4 heteroatoms. The number of carbonyl (C=O) groups is 1. The van der Waals surface area contributed by atoms with Gasteiger partial charge in [0.15, 0.2) is 0 Å². The quantitative estimate of drug-likeness (QED) is 0.724. The van der Waals surface area contributed by atoms with Crippen molar-refractivity contribution in [3.05, 3.63) is 36.4 Å². The van der Waals surface area contributed by atoms with Gasteiger partial charge >= 0.3 is 0 Å². The summed E-state index contributed by atoms with van der Waals surface area (Å²) in [5.74, 6) is 0.700. The molecule has 0 saturated heterocycles. The number of hydrogen-bond acceptors (Lipinski definition) is 3. The fourth-order valence-electron chi connectivity index (χ4n) is 1.68. The molecule has 1 aliphatic rings. The van der Waals surface area contributed by atoms with Crippen molar-refractivity contribution in [1.82, 2.24) is 4.90 Å². The summed E-state index contributed by atoms with van der Waals surface area (Å²) in [5.41, 5.74) is 0.894. The first kappa shape index (κ1) is 10.5. The van der Waals surface area contributed by atoms with Crippen molar-refractivity contribution in [1.29, 1.82) is 0 Å². The molecule has 1 aliphatic heterocycles. The normalized spacial score (nSPS) is 14.6. The van der Waals surface area contributed by atoms with Crippen LogP contribution in [0.3, 0.4) is 0 Å². The number of hydrogen-bond donors (Lipinski definition) is 1. The molecule has 1 amide bonds. The molecule has 1 heterocycles. The lowest BCUT2D eigenvalue weighted by Crippen LogP contribution is -2.30. The summed E-state index contributed by atoms with van der Waals surface area (Å²) in [7, 11) is 0. The number of phenols is 1. The zero-order valence-corrected chi connectivity index (χ0v) is 8.85. The maximum atomic E-state index is 11.5. The zero-order chi connectivity index (χ0) is 11.5. The Bertz CT molecular complexity index is 428. The van der Waals surface area contributed by atoms with Gasteiger partial charge in [0.2, 0.25) is 5.91 Å². The fraction of sp³-hybridized carbons (Fsp3) is 0.250. The van der Waals surface area contributed by atoms with E-state index < -0.39 is 0 Å². The van der Waals surface area contributed by atoms with Gasteiger partial charge in [-0.05, 0) is 18.2 Å². The van der Waals surface area contributed by atoms with E-state index in [1.54, 1.807) is 23.1 Å². The summed E-state index contributed by atoms with van der Waals surface area (Å²) in [6.07, 6.45) is 1.30. The first-order chi connectivity index (χ1) is 7.70. The first-order valence-corrected chi connectivity index (χ1v) is 5.07. The minimum Gasteiger partial charge on any atom is -0.508 e. The minimum atomic E-state index is -0.107. The van der Waals surface area contributed by atoms with Crippen LogP contribution in [0.2, 0.25) is 0 Å². The SMILES string of the molecule is C=CC(=O)N1CCOc2cc(O)ccc2C1. The topological polar surface area (TPSA) is 49.8 Å². The molecule has 1 aromatic carbocycles. The number of benzene rings is 1. The van der Waals surface area contributed by atoms with Gasteiger partial charge in [0.1, 0.15) is 18.1 Å². The molecule has 0 atom stereocenters. The molecular formula is C12H13NO3. The lowest BCUT2D eigenvalue weighted by Gasteiger charge is -2.17. The maximum Gasteiger partial charge on any atom is 0.246 e. The molecule has 0 aliphatic carbocycles. The van der Waals surface area contributed by atoms with Gasteiger partial charge in [0.05, 0.1) is 6.54 Å². The average molecular weight is 219 g/mol. The second kappa shape index (κ2) is 4.26. The number of nitrogens with zero attached hydrogens (tertiary/aromatic N) is 1. The van der Waals surface area contributed by atoms with Crippen LogP contribution in [0.1, 0.15) is 5.56 Å². The Morgan fingerprint density at radius 1 is 1.56 bits per heavy atom. The van der Waals surface area contributed by atoms with E-state index in [2.05, 4.69) is 6.58 Å². The molecule has 1 aromatic rings. The van der Waals surface area contributed by atoms with Crippen LogP contribution in [0.15, 0.2) is 30.9 Å². The summed E-state index contributed by atoms with van der Waals surface area (Å²) in [6.45, 7) is 4.91. The van der Waals surface area contributed by atoms with Crippen molar-refractivity contribution < 1.29 is 14.6 Å². The van der Waals surface area contributed by atoms with Crippen LogP contribution >= 0.6 is 0 Å². The first-order valence-electron chi connectivity index (χ1n) is 5.07. The van der Waals surface area contributed by atoms with Gasteiger partial charge in [-0.1, -0.05) is 6.58 Å². The number of amides is 1. The minimum absolute atomic E-state index is 0.107. The highest BCUT2D eigenvalue weighted by atomic mass is 16.5. The van der Waals surface area contributed by atoms with Crippen LogP contribution in [-0.2, 0) is 11.3 Å². The van der Waals surface area contributed by atoms with Gasteiger partial charge in [0, 0.05) is 18.2 Å². The number of ether oxygens (including phenoxy) is 1. The smallest absolute Gasteiger partial charge is 0.246 e. The van der Waals surface area contributed by atoms with Gasteiger partial charge in [-0.3, -0.25) is 4.79 Å². The van der Waals surface area contributed by atoms with Gasteiger partial charge < -0.3 is 14.7 Å². The Kier molecular flexibility index (Phi) is 2.81. The highest BCUT2D eigenvalue weighted by Crippen LogP contribution is 2.27. The van der Waals surface area contributed by atoms with Gasteiger partial charge in [-0.15, -0.1) is 0 Å². The third-order valence-corrected chi connectivity index (χ3v) is 2.52. The molecule has 0 radical (unpaired) electrons. The molecule has 0 bridgehead atoms. The molecule has 4 nitrogen and oxygen atoms in total. The van der Waals surface area contributed by atoms with Gasteiger partial charge in [-0.2, -0.15) is 0 Å². The van der Waals surface area contributed by atoms with Crippen molar-refractivity contribution in [3.8, 4) is 11.5 Å². The van der Waals surface area contributed by atoms with Gasteiger partial charge in [0.25, 0.3) is 0 Å². The second-order valence-electron chi connectivity index (χ2n) is 3.60. The molecule has 16 heavy (non-hydrogen) atoms. The predicted octanol–water partition coefficient (Wildman–Crippen LogP) is 1.30. The van der Waals surface area contributed by atoms with E-state index in [4.69, 9.17) is 4.74 Å². The van der Waals surface area contributed by atoms with Crippen LogP contribution in [-0.4, -0.2) is 29.1 Å². The Morgan fingerprint density at radius 2 is 2.38 bits per heavy atom. The predicted molar refractivity (Wildman–Crippen MR) is 59.2 cm³/mol. The molecule has 0 spiro atoms. The highest BCUT2D eigenvalue weighted by Gasteiger charge is 2.17. The van der Waals surface area contributed by atoms with Crippen molar-refractivity contribution >= 4 is 5.91 Å². The molecule has 1 N–H and O–H groups in total. The van der Waals surface area contributed by atoms with Crippen molar-refractivity contribution in [2.75, 3.05) is 13.2 Å². The van der Waals surface area contributed by atoms with Crippen LogP contribution in [0, 0.1) is 0 Å². The Labute approximate surface area is 93.8 Å². The third-order valence-electron chi connectivity index (χ3n) is 2.52. The highest BCUT2D eigenvalue weighted by molar-refractivity contribution is 5.87. The number of rotatable bonds is 1. The number of fused-ring (bicyclic) bond motifs is 1. The zero-order valence-electron chi connectivity index (χ0n) is 8.85. The molecule has 0 saturated carbocycles. The Morgan fingerprint density at radius 3 is 3.12 bits per heavy atom. The standard InChI is InChI=1S/C12H13NO3/c1-2-12(15)13-5-6-16-11-7-10(14)4-3-9(11)8-13/h2-4,7,14H,1,5-6,8H2. The van der Waals surface area contributed by atoms with E-state index in [0.717, 1.165) is 5.56 Å².